The molecule has 6 nitrogen and oxygen atoms in total. The number of carbonyl (C=O) groups is 2. The van der Waals surface area contributed by atoms with Gasteiger partial charge in [-0.05, 0) is 54.5 Å². The standard InChI is InChI=1S/C27H34N2O4/c1-19(2)16-24(29-17-20-6-4-5-7-23(20)26(29)31)25(30)28-18-27(12-14-33-15-13-27)21-8-10-22(32-3)11-9-21/h4-11,19,24H,12-18H2,1-3H3,(H,28,30). The summed E-state index contributed by atoms with van der Waals surface area (Å²) in [6, 6.07) is 15.3. The summed E-state index contributed by atoms with van der Waals surface area (Å²) in [6.07, 6.45) is 2.30. The van der Waals surface area contributed by atoms with E-state index in [-0.39, 0.29) is 23.1 Å². The fraction of sp³-hybridized carbons (Fsp3) is 0.481. The van der Waals surface area contributed by atoms with Crippen LogP contribution < -0.4 is 10.1 Å². The lowest BCUT2D eigenvalue weighted by Gasteiger charge is -2.39. The molecule has 0 aliphatic carbocycles. The second kappa shape index (κ2) is 9.96. The molecule has 0 spiro atoms. The molecule has 0 bridgehead atoms. The Morgan fingerprint density at radius 1 is 1.12 bits per heavy atom. The number of nitrogens with one attached hydrogen (secondary N) is 1. The van der Waals surface area contributed by atoms with E-state index >= 15 is 0 Å². The van der Waals surface area contributed by atoms with Crippen LogP contribution in [0.5, 0.6) is 5.75 Å². The third-order valence-electron chi connectivity index (χ3n) is 6.98. The lowest BCUT2D eigenvalue weighted by atomic mass is 9.74. The Kier molecular flexibility index (Phi) is 7.03. The molecule has 2 amide bonds. The van der Waals surface area contributed by atoms with Gasteiger partial charge < -0.3 is 19.7 Å². The first kappa shape index (κ1) is 23.3. The third kappa shape index (κ3) is 4.91. The molecule has 2 aliphatic heterocycles. The molecule has 6 heteroatoms. The maximum atomic E-state index is 13.5. The van der Waals surface area contributed by atoms with Gasteiger partial charge in [0.15, 0.2) is 0 Å². The largest absolute Gasteiger partial charge is 0.497 e. The predicted octanol–water partition coefficient (Wildman–Crippen LogP) is 3.93. The summed E-state index contributed by atoms with van der Waals surface area (Å²) >= 11 is 0. The van der Waals surface area contributed by atoms with Gasteiger partial charge in [0.25, 0.3) is 5.91 Å². The maximum Gasteiger partial charge on any atom is 0.255 e. The summed E-state index contributed by atoms with van der Waals surface area (Å²) in [4.78, 5) is 28.4. The fourth-order valence-corrected chi connectivity index (χ4v) is 5.00. The Morgan fingerprint density at radius 3 is 2.45 bits per heavy atom. The normalized spacial score (nSPS) is 18.2. The number of ether oxygens (including phenoxy) is 2. The number of methoxy groups -OCH3 is 1. The van der Waals surface area contributed by atoms with Crippen LogP contribution in [-0.2, 0) is 21.5 Å². The Morgan fingerprint density at radius 2 is 1.82 bits per heavy atom. The van der Waals surface area contributed by atoms with E-state index < -0.39 is 6.04 Å². The first-order chi connectivity index (χ1) is 15.9. The van der Waals surface area contributed by atoms with Crippen molar-refractivity contribution in [3.63, 3.8) is 0 Å². The van der Waals surface area contributed by atoms with Crippen molar-refractivity contribution in [1.82, 2.24) is 10.2 Å². The number of rotatable bonds is 8. The van der Waals surface area contributed by atoms with Gasteiger partial charge in [0.2, 0.25) is 5.91 Å². The van der Waals surface area contributed by atoms with Crippen LogP contribution in [0.25, 0.3) is 0 Å². The smallest absolute Gasteiger partial charge is 0.255 e. The minimum atomic E-state index is -0.488. The molecular formula is C27H34N2O4. The SMILES string of the molecule is COc1ccc(C2(CNC(=O)C(CC(C)C)N3Cc4ccccc4C3=O)CCOCC2)cc1. The number of hydrogen-bond acceptors (Lipinski definition) is 4. The maximum absolute atomic E-state index is 13.5. The molecule has 1 saturated heterocycles. The number of fused-ring (bicyclic) bond motifs is 1. The zero-order valence-electron chi connectivity index (χ0n) is 19.8. The van der Waals surface area contributed by atoms with E-state index in [4.69, 9.17) is 9.47 Å². The number of hydrogen-bond donors (Lipinski definition) is 1. The number of carbonyl (C=O) groups excluding carboxylic acids is 2. The molecule has 0 radical (unpaired) electrons. The van der Waals surface area contributed by atoms with E-state index in [1.165, 1.54) is 5.56 Å². The van der Waals surface area contributed by atoms with E-state index in [9.17, 15) is 9.59 Å². The first-order valence-corrected chi connectivity index (χ1v) is 11.8. The van der Waals surface area contributed by atoms with Gasteiger partial charge in [-0.1, -0.05) is 44.2 Å². The number of amides is 2. The van der Waals surface area contributed by atoms with Crippen LogP contribution in [0.3, 0.4) is 0 Å². The van der Waals surface area contributed by atoms with Gasteiger partial charge in [0.05, 0.1) is 7.11 Å². The summed E-state index contributed by atoms with van der Waals surface area (Å²) in [5, 5.41) is 3.23. The van der Waals surface area contributed by atoms with E-state index in [1.54, 1.807) is 12.0 Å². The van der Waals surface area contributed by atoms with Crippen molar-refractivity contribution in [1.29, 1.82) is 0 Å². The van der Waals surface area contributed by atoms with Crippen LogP contribution in [0, 0.1) is 5.92 Å². The van der Waals surface area contributed by atoms with E-state index in [0.29, 0.717) is 38.3 Å². The van der Waals surface area contributed by atoms with E-state index in [0.717, 1.165) is 24.2 Å². The monoisotopic (exact) mass is 450 g/mol. The molecule has 1 fully saturated rings. The van der Waals surface area contributed by atoms with Gasteiger partial charge >= 0.3 is 0 Å². The van der Waals surface area contributed by atoms with Gasteiger partial charge in [0.1, 0.15) is 11.8 Å². The topological polar surface area (TPSA) is 67.9 Å². The zero-order valence-corrected chi connectivity index (χ0v) is 19.8. The molecule has 0 aromatic heterocycles. The highest BCUT2D eigenvalue weighted by Gasteiger charge is 2.39. The first-order valence-electron chi connectivity index (χ1n) is 11.8. The van der Waals surface area contributed by atoms with Crippen molar-refractivity contribution in [2.24, 2.45) is 5.92 Å². The zero-order chi connectivity index (χ0) is 23.4. The van der Waals surface area contributed by atoms with E-state index in [2.05, 4.69) is 31.3 Å². The summed E-state index contributed by atoms with van der Waals surface area (Å²) in [6.45, 7) is 6.51. The van der Waals surface area contributed by atoms with Crippen LogP contribution in [0.15, 0.2) is 48.5 Å². The van der Waals surface area contributed by atoms with Crippen LogP contribution in [0.2, 0.25) is 0 Å². The number of benzene rings is 2. The van der Waals surface area contributed by atoms with Crippen LogP contribution in [-0.4, -0.2) is 49.6 Å². The Hall–Kier alpha value is -2.86. The van der Waals surface area contributed by atoms with Crippen LogP contribution >= 0.6 is 0 Å². The van der Waals surface area contributed by atoms with E-state index in [1.807, 2.05) is 36.4 Å². The van der Waals surface area contributed by atoms with Crippen molar-refractivity contribution >= 4 is 11.8 Å². The Bertz CT molecular complexity index is 980. The molecule has 1 N–H and O–H groups in total. The molecule has 33 heavy (non-hydrogen) atoms. The molecule has 2 heterocycles. The van der Waals surface area contributed by atoms with Crippen molar-refractivity contribution < 1.29 is 19.1 Å². The minimum absolute atomic E-state index is 0.0534. The van der Waals surface area contributed by atoms with Crippen molar-refractivity contribution in [2.75, 3.05) is 26.9 Å². The van der Waals surface area contributed by atoms with Gasteiger partial charge in [-0.15, -0.1) is 0 Å². The van der Waals surface area contributed by atoms with Gasteiger partial charge in [-0.3, -0.25) is 9.59 Å². The molecule has 2 aliphatic rings. The quantitative estimate of drug-likeness (QED) is 0.662. The molecular weight excluding hydrogens is 416 g/mol. The number of nitrogens with zero attached hydrogens (tertiary/aromatic N) is 1. The summed E-state index contributed by atoms with van der Waals surface area (Å²) < 4.78 is 11.0. The summed E-state index contributed by atoms with van der Waals surface area (Å²) in [5.74, 6) is 0.969. The highest BCUT2D eigenvalue weighted by atomic mass is 16.5. The molecule has 4 rings (SSSR count). The van der Waals surface area contributed by atoms with Gasteiger partial charge in [0, 0.05) is 37.3 Å². The van der Waals surface area contributed by atoms with Crippen molar-refractivity contribution in [3.8, 4) is 5.75 Å². The summed E-state index contributed by atoms with van der Waals surface area (Å²) in [7, 11) is 1.66. The molecule has 0 saturated carbocycles. The van der Waals surface area contributed by atoms with Gasteiger partial charge in [-0.2, -0.15) is 0 Å². The Labute approximate surface area is 196 Å². The highest BCUT2D eigenvalue weighted by molar-refractivity contribution is 6.01. The lowest BCUT2D eigenvalue weighted by molar-refractivity contribution is -0.126. The van der Waals surface area contributed by atoms with Crippen molar-refractivity contribution in [3.05, 3.63) is 65.2 Å². The second-order valence-electron chi connectivity index (χ2n) is 9.57. The second-order valence-corrected chi connectivity index (χ2v) is 9.57. The predicted molar refractivity (Wildman–Crippen MR) is 127 cm³/mol. The van der Waals surface area contributed by atoms with Crippen LogP contribution in [0.1, 0.15) is 54.6 Å². The molecule has 2 aromatic rings. The fourth-order valence-electron chi connectivity index (χ4n) is 5.00. The molecule has 2 aromatic carbocycles. The lowest BCUT2D eigenvalue weighted by Crippen LogP contribution is -2.52. The van der Waals surface area contributed by atoms with Crippen molar-refractivity contribution in [2.45, 2.75) is 51.1 Å². The minimum Gasteiger partial charge on any atom is -0.497 e. The molecule has 176 valence electrons. The summed E-state index contributed by atoms with van der Waals surface area (Å²) in [5.41, 5.74) is 2.68. The third-order valence-corrected chi connectivity index (χ3v) is 6.98. The van der Waals surface area contributed by atoms with Crippen LogP contribution in [0.4, 0.5) is 0 Å². The average Bonchev–Trinajstić information content (AvgIpc) is 3.18. The highest BCUT2D eigenvalue weighted by Crippen LogP contribution is 2.35. The average molecular weight is 451 g/mol. The molecule has 1 unspecified atom stereocenters. The Balaban J connectivity index is 1.52. The van der Waals surface area contributed by atoms with Gasteiger partial charge in [-0.25, -0.2) is 0 Å². The molecule has 1 atom stereocenters.